The van der Waals surface area contributed by atoms with E-state index in [0.29, 0.717) is 5.65 Å². The number of nitrogens with zero attached hydrogens (tertiary/aromatic N) is 2. The average Bonchev–Trinajstić information content (AvgIpc) is 2.96. The lowest BCUT2D eigenvalue weighted by atomic mass is 10.1. The van der Waals surface area contributed by atoms with Crippen molar-refractivity contribution in [1.82, 2.24) is 9.38 Å². The first-order chi connectivity index (χ1) is 9.25. The van der Waals surface area contributed by atoms with E-state index in [0.717, 1.165) is 25.7 Å². The van der Waals surface area contributed by atoms with E-state index in [1.807, 2.05) is 6.07 Å². The molecule has 1 fully saturated rings. The molecule has 1 amide bonds. The Morgan fingerprint density at radius 1 is 1.32 bits per heavy atom. The van der Waals surface area contributed by atoms with Gasteiger partial charge in [0.2, 0.25) is 5.91 Å². The Kier molecular flexibility index (Phi) is 3.03. The molecule has 1 aliphatic rings. The molecule has 1 saturated carbocycles. The van der Waals surface area contributed by atoms with Crippen molar-refractivity contribution < 1.29 is 4.79 Å². The second kappa shape index (κ2) is 4.84. The van der Waals surface area contributed by atoms with Gasteiger partial charge in [0, 0.05) is 12.1 Å². The molecule has 0 saturated heterocycles. The maximum absolute atomic E-state index is 12.2. The van der Waals surface area contributed by atoms with Crippen LogP contribution in [0.2, 0.25) is 0 Å². The molecule has 5 heteroatoms. The summed E-state index contributed by atoms with van der Waals surface area (Å²) in [5, 5.41) is 2.71. The molecule has 2 aromatic rings. The number of carbonyl (C=O) groups excluding carboxylic acids is 1. The van der Waals surface area contributed by atoms with Crippen LogP contribution in [0.15, 0.2) is 35.4 Å². The van der Waals surface area contributed by atoms with Crippen LogP contribution in [0.25, 0.3) is 5.65 Å². The molecular formula is C14H15N3O2. The van der Waals surface area contributed by atoms with Crippen LogP contribution in [0.3, 0.4) is 0 Å². The summed E-state index contributed by atoms with van der Waals surface area (Å²) in [5.41, 5.74) is 0.587. The molecule has 0 unspecified atom stereocenters. The lowest BCUT2D eigenvalue weighted by Gasteiger charge is -2.10. The van der Waals surface area contributed by atoms with E-state index in [4.69, 9.17) is 0 Å². The van der Waals surface area contributed by atoms with Gasteiger partial charge in [-0.2, -0.15) is 0 Å². The summed E-state index contributed by atoms with van der Waals surface area (Å²) >= 11 is 0. The van der Waals surface area contributed by atoms with Gasteiger partial charge < -0.3 is 5.32 Å². The minimum Gasteiger partial charge on any atom is -0.320 e. The maximum atomic E-state index is 12.2. The van der Waals surface area contributed by atoms with Gasteiger partial charge in [-0.3, -0.25) is 14.0 Å². The maximum Gasteiger partial charge on any atom is 0.281 e. The van der Waals surface area contributed by atoms with E-state index >= 15 is 0 Å². The Balaban J connectivity index is 1.91. The van der Waals surface area contributed by atoms with E-state index in [9.17, 15) is 9.59 Å². The highest BCUT2D eigenvalue weighted by Crippen LogP contribution is 2.25. The fourth-order valence-electron chi connectivity index (χ4n) is 2.54. The molecule has 2 heterocycles. The zero-order valence-electron chi connectivity index (χ0n) is 10.5. The quantitative estimate of drug-likeness (QED) is 0.892. The predicted molar refractivity (Wildman–Crippen MR) is 72.0 cm³/mol. The van der Waals surface area contributed by atoms with Crippen molar-refractivity contribution in [2.45, 2.75) is 25.7 Å². The Morgan fingerprint density at radius 2 is 2.11 bits per heavy atom. The fraction of sp³-hybridized carbons (Fsp3) is 0.357. The van der Waals surface area contributed by atoms with Crippen LogP contribution in [-0.4, -0.2) is 15.3 Å². The SMILES string of the molecule is O=C(Nc1cnc2ccccn2c1=O)C1CCCC1. The van der Waals surface area contributed by atoms with Gasteiger partial charge in [-0.05, 0) is 25.0 Å². The lowest BCUT2D eigenvalue weighted by Crippen LogP contribution is -2.26. The van der Waals surface area contributed by atoms with Gasteiger partial charge in [-0.15, -0.1) is 0 Å². The summed E-state index contributed by atoms with van der Waals surface area (Å²) in [6.07, 6.45) is 7.09. The Labute approximate surface area is 110 Å². The van der Waals surface area contributed by atoms with Crippen LogP contribution in [0.5, 0.6) is 0 Å². The number of amides is 1. The molecule has 1 aliphatic carbocycles. The number of aromatic nitrogens is 2. The molecule has 0 spiro atoms. The summed E-state index contributed by atoms with van der Waals surface area (Å²) in [4.78, 5) is 28.4. The highest BCUT2D eigenvalue weighted by molar-refractivity contribution is 5.92. The summed E-state index contributed by atoms with van der Waals surface area (Å²) in [6.45, 7) is 0. The summed E-state index contributed by atoms with van der Waals surface area (Å²) in [5.74, 6) is -0.0249. The van der Waals surface area contributed by atoms with Crippen molar-refractivity contribution >= 4 is 17.2 Å². The van der Waals surface area contributed by atoms with Gasteiger partial charge in [0.15, 0.2) is 0 Å². The topological polar surface area (TPSA) is 63.5 Å². The smallest absolute Gasteiger partial charge is 0.281 e. The standard InChI is InChI=1S/C14H15N3O2/c18-13(10-5-1-2-6-10)16-11-9-15-12-7-3-4-8-17(12)14(11)19/h3-4,7-10H,1-2,5-6H2,(H,16,18). The van der Waals surface area contributed by atoms with E-state index in [2.05, 4.69) is 10.3 Å². The van der Waals surface area contributed by atoms with Crippen molar-refractivity contribution in [3.8, 4) is 0 Å². The second-order valence-electron chi connectivity index (χ2n) is 4.88. The van der Waals surface area contributed by atoms with Crippen LogP contribution in [0, 0.1) is 5.92 Å². The van der Waals surface area contributed by atoms with Crippen LogP contribution in [0.1, 0.15) is 25.7 Å². The molecule has 0 radical (unpaired) electrons. The zero-order chi connectivity index (χ0) is 13.2. The van der Waals surface area contributed by atoms with E-state index < -0.39 is 0 Å². The number of hydrogen-bond acceptors (Lipinski definition) is 3. The third-order valence-corrected chi connectivity index (χ3v) is 3.60. The molecule has 0 atom stereocenters. The molecule has 98 valence electrons. The molecule has 2 aromatic heterocycles. The largest absolute Gasteiger partial charge is 0.320 e. The minimum absolute atomic E-state index is 0.0378. The zero-order valence-corrected chi connectivity index (χ0v) is 10.5. The van der Waals surface area contributed by atoms with E-state index in [-0.39, 0.29) is 23.1 Å². The average molecular weight is 257 g/mol. The van der Waals surface area contributed by atoms with E-state index in [1.54, 1.807) is 18.3 Å². The van der Waals surface area contributed by atoms with Crippen LogP contribution in [-0.2, 0) is 4.79 Å². The first kappa shape index (κ1) is 11.9. The Morgan fingerprint density at radius 3 is 2.89 bits per heavy atom. The highest BCUT2D eigenvalue weighted by Gasteiger charge is 2.23. The molecule has 5 nitrogen and oxygen atoms in total. The van der Waals surface area contributed by atoms with Crippen molar-refractivity contribution in [2.75, 3.05) is 5.32 Å². The third-order valence-electron chi connectivity index (χ3n) is 3.60. The van der Waals surface area contributed by atoms with Crippen LogP contribution in [0.4, 0.5) is 5.69 Å². The molecule has 1 N–H and O–H groups in total. The molecular weight excluding hydrogens is 242 g/mol. The number of nitrogens with one attached hydrogen (secondary N) is 1. The number of carbonyl (C=O) groups is 1. The summed E-state index contributed by atoms with van der Waals surface area (Å²) in [7, 11) is 0. The van der Waals surface area contributed by atoms with Gasteiger partial charge in [0.05, 0.1) is 6.20 Å². The second-order valence-corrected chi connectivity index (χ2v) is 4.88. The van der Waals surface area contributed by atoms with Crippen molar-refractivity contribution in [3.63, 3.8) is 0 Å². The van der Waals surface area contributed by atoms with Crippen molar-refractivity contribution in [3.05, 3.63) is 40.9 Å². The van der Waals surface area contributed by atoms with Gasteiger partial charge in [-0.25, -0.2) is 4.98 Å². The first-order valence-electron chi connectivity index (χ1n) is 6.53. The summed E-state index contributed by atoms with van der Waals surface area (Å²) < 4.78 is 1.43. The van der Waals surface area contributed by atoms with Gasteiger partial charge in [-0.1, -0.05) is 18.9 Å². The van der Waals surface area contributed by atoms with Gasteiger partial charge >= 0.3 is 0 Å². The molecule has 0 aliphatic heterocycles. The lowest BCUT2D eigenvalue weighted by molar-refractivity contribution is -0.119. The number of hydrogen-bond donors (Lipinski definition) is 1. The Hall–Kier alpha value is -2.17. The third kappa shape index (κ3) is 2.23. The highest BCUT2D eigenvalue weighted by atomic mass is 16.2. The Bertz CT molecular complexity index is 672. The van der Waals surface area contributed by atoms with Crippen LogP contribution < -0.4 is 10.9 Å². The van der Waals surface area contributed by atoms with Crippen molar-refractivity contribution in [2.24, 2.45) is 5.92 Å². The van der Waals surface area contributed by atoms with E-state index in [1.165, 1.54) is 10.6 Å². The van der Waals surface area contributed by atoms with Gasteiger partial charge in [0.1, 0.15) is 11.3 Å². The minimum atomic E-state index is -0.239. The van der Waals surface area contributed by atoms with Gasteiger partial charge in [0.25, 0.3) is 5.56 Å². The van der Waals surface area contributed by atoms with Crippen molar-refractivity contribution in [1.29, 1.82) is 0 Å². The predicted octanol–water partition coefficient (Wildman–Crippen LogP) is 1.82. The molecule has 0 aromatic carbocycles. The number of rotatable bonds is 2. The number of fused-ring (bicyclic) bond motifs is 1. The fourth-order valence-corrected chi connectivity index (χ4v) is 2.54. The normalized spacial score (nSPS) is 15.8. The first-order valence-corrected chi connectivity index (χ1v) is 6.53. The summed E-state index contributed by atoms with van der Waals surface area (Å²) in [6, 6.07) is 5.33. The molecule has 3 rings (SSSR count). The van der Waals surface area contributed by atoms with Crippen LogP contribution >= 0.6 is 0 Å². The molecule has 0 bridgehead atoms. The number of pyridine rings is 1. The molecule has 19 heavy (non-hydrogen) atoms. The number of anilines is 1. The monoisotopic (exact) mass is 257 g/mol.